The summed E-state index contributed by atoms with van der Waals surface area (Å²) in [7, 11) is 0. The average molecular weight is 235 g/mol. The van der Waals surface area contributed by atoms with Crippen molar-refractivity contribution >= 4 is 0 Å². The van der Waals surface area contributed by atoms with Gasteiger partial charge >= 0.3 is 0 Å². The zero-order chi connectivity index (χ0) is 12.1. The topological polar surface area (TPSA) is 30.5 Å². The number of ether oxygens (including phenoxy) is 2. The van der Waals surface area contributed by atoms with Gasteiger partial charge in [-0.1, -0.05) is 32.0 Å². The van der Waals surface area contributed by atoms with Crippen molar-refractivity contribution in [1.82, 2.24) is 5.32 Å². The first kappa shape index (κ1) is 12.4. The summed E-state index contributed by atoms with van der Waals surface area (Å²) in [5.74, 6) is 0.994. The summed E-state index contributed by atoms with van der Waals surface area (Å²) in [4.78, 5) is 0. The van der Waals surface area contributed by atoms with Gasteiger partial charge in [-0.2, -0.15) is 0 Å². The summed E-state index contributed by atoms with van der Waals surface area (Å²) < 4.78 is 11.1. The number of para-hydroxylation sites is 1. The molecule has 1 unspecified atom stereocenters. The Balaban J connectivity index is 2.12. The van der Waals surface area contributed by atoms with Gasteiger partial charge in [0, 0.05) is 11.6 Å². The van der Waals surface area contributed by atoms with Gasteiger partial charge in [-0.15, -0.1) is 0 Å². The molecule has 1 atom stereocenters. The predicted octanol–water partition coefficient (Wildman–Crippen LogP) is 2.52. The minimum absolute atomic E-state index is 0.232. The molecule has 3 nitrogen and oxygen atoms in total. The van der Waals surface area contributed by atoms with Crippen LogP contribution in [0, 0.1) is 0 Å². The van der Waals surface area contributed by atoms with Crippen LogP contribution in [-0.2, 0) is 4.74 Å². The highest BCUT2D eigenvalue weighted by molar-refractivity contribution is 5.36. The molecule has 1 aliphatic heterocycles. The number of rotatable bonds is 6. The molecule has 1 aromatic rings. The Bertz CT molecular complexity index is 350. The fraction of sp³-hybridized carbons (Fsp3) is 0.571. The van der Waals surface area contributed by atoms with E-state index in [-0.39, 0.29) is 6.10 Å². The Morgan fingerprint density at radius 2 is 2.12 bits per heavy atom. The van der Waals surface area contributed by atoms with Crippen molar-refractivity contribution in [3.8, 4) is 5.75 Å². The van der Waals surface area contributed by atoms with Crippen molar-refractivity contribution in [3.05, 3.63) is 29.8 Å². The molecule has 94 valence electrons. The molecule has 0 bridgehead atoms. The fourth-order valence-corrected chi connectivity index (χ4v) is 2.06. The van der Waals surface area contributed by atoms with Crippen LogP contribution in [0.15, 0.2) is 24.3 Å². The fourth-order valence-electron chi connectivity index (χ4n) is 2.06. The smallest absolute Gasteiger partial charge is 0.145 e. The Labute approximate surface area is 103 Å². The molecule has 3 heteroatoms. The summed E-state index contributed by atoms with van der Waals surface area (Å²) in [6, 6.07) is 8.66. The molecule has 0 aliphatic carbocycles. The molecule has 1 aromatic carbocycles. The molecular formula is C14H21NO2. The van der Waals surface area contributed by atoms with Gasteiger partial charge in [0.25, 0.3) is 0 Å². The maximum atomic E-state index is 5.95. The van der Waals surface area contributed by atoms with E-state index in [1.54, 1.807) is 0 Å². The Kier molecular flexibility index (Phi) is 4.40. The van der Waals surface area contributed by atoms with Gasteiger partial charge in [0.2, 0.25) is 0 Å². The molecule has 1 N–H and O–H groups in total. The lowest BCUT2D eigenvalue weighted by molar-refractivity contribution is -0.0801. The third kappa shape index (κ3) is 2.99. The Morgan fingerprint density at radius 3 is 2.71 bits per heavy atom. The minimum Gasteiger partial charge on any atom is -0.485 e. The second-order valence-electron chi connectivity index (χ2n) is 4.33. The molecule has 1 heterocycles. The second-order valence-corrected chi connectivity index (χ2v) is 4.33. The van der Waals surface area contributed by atoms with Crippen molar-refractivity contribution in [3.63, 3.8) is 0 Å². The lowest BCUT2D eigenvalue weighted by atomic mass is 10.0. The van der Waals surface area contributed by atoms with Gasteiger partial charge < -0.3 is 14.8 Å². The number of benzene rings is 1. The van der Waals surface area contributed by atoms with Gasteiger partial charge in [0.15, 0.2) is 0 Å². The van der Waals surface area contributed by atoms with Gasteiger partial charge in [0.1, 0.15) is 11.9 Å². The summed E-state index contributed by atoms with van der Waals surface area (Å²) in [6.45, 7) is 6.72. The summed E-state index contributed by atoms with van der Waals surface area (Å²) >= 11 is 0. The molecule has 0 spiro atoms. The summed E-state index contributed by atoms with van der Waals surface area (Å²) in [5.41, 5.74) is 1.25. The van der Waals surface area contributed by atoms with Crippen LogP contribution in [0.3, 0.4) is 0 Å². The van der Waals surface area contributed by atoms with E-state index in [1.807, 2.05) is 12.1 Å². The van der Waals surface area contributed by atoms with E-state index in [0.29, 0.717) is 19.3 Å². The largest absolute Gasteiger partial charge is 0.485 e. The maximum Gasteiger partial charge on any atom is 0.145 e. The molecule has 1 aliphatic rings. The normalized spacial score (nSPS) is 17.5. The third-order valence-corrected chi connectivity index (χ3v) is 3.05. The lowest BCUT2D eigenvalue weighted by Gasteiger charge is -2.29. The predicted molar refractivity (Wildman–Crippen MR) is 68.4 cm³/mol. The monoisotopic (exact) mass is 235 g/mol. The third-order valence-electron chi connectivity index (χ3n) is 3.05. The number of hydrogen-bond acceptors (Lipinski definition) is 3. The molecule has 17 heavy (non-hydrogen) atoms. The quantitative estimate of drug-likeness (QED) is 0.822. The minimum atomic E-state index is 0.232. The molecule has 1 saturated heterocycles. The number of nitrogens with one attached hydrogen (secondary N) is 1. The second kappa shape index (κ2) is 6.03. The highest BCUT2D eigenvalue weighted by atomic mass is 16.6. The van der Waals surface area contributed by atoms with Crippen LogP contribution in [0.1, 0.15) is 31.9 Å². The van der Waals surface area contributed by atoms with Gasteiger partial charge in [0.05, 0.1) is 13.2 Å². The Morgan fingerprint density at radius 1 is 1.35 bits per heavy atom. The van der Waals surface area contributed by atoms with E-state index in [9.17, 15) is 0 Å². The van der Waals surface area contributed by atoms with E-state index in [2.05, 4.69) is 31.3 Å². The van der Waals surface area contributed by atoms with Crippen LogP contribution in [0.25, 0.3) is 0 Å². The zero-order valence-corrected chi connectivity index (χ0v) is 10.6. The standard InChI is InChI=1S/C14H21NO2/c1-3-13(15-4-2)12-7-5-6-8-14(12)17-11-9-16-10-11/h5-8,11,13,15H,3-4,9-10H2,1-2H3. The molecule has 2 rings (SSSR count). The van der Waals surface area contributed by atoms with Gasteiger partial charge in [-0.05, 0) is 19.0 Å². The van der Waals surface area contributed by atoms with Crippen LogP contribution in [-0.4, -0.2) is 25.9 Å². The maximum absolute atomic E-state index is 5.95. The first-order chi connectivity index (χ1) is 8.35. The summed E-state index contributed by atoms with van der Waals surface area (Å²) in [5, 5.41) is 3.49. The van der Waals surface area contributed by atoms with Crippen LogP contribution in [0.4, 0.5) is 0 Å². The first-order valence-electron chi connectivity index (χ1n) is 6.41. The van der Waals surface area contributed by atoms with Crippen molar-refractivity contribution in [2.45, 2.75) is 32.4 Å². The first-order valence-corrected chi connectivity index (χ1v) is 6.41. The SMILES string of the molecule is CCNC(CC)c1ccccc1OC1COC1. The van der Waals surface area contributed by atoms with Crippen molar-refractivity contribution in [1.29, 1.82) is 0 Å². The van der Waals surface area contributed by atoms with Crippen LogP contribution >= 0.6 is 0 Å². The Hall–Kier alpha value is -1.06. The van der Waals surface area contributed by atoms with Gasteiger partial charge in [-0.3, -0.25) is 0 Å². The molecular weight excluding hydrogens is 214 g/mol. The van der Waals surface area contributed by atoms with Crippen molar-refractivity contribution in [2.24, 2.45) is 0 Å². The van der Waals surface area contributed by atoms with Gasteiger partial charge in [-0.25, -0.2) is 0 Å². The van der Waals surface area contributed by atoms with E-state index in [1.165, 1.54) is 5.56 Å². The van der Waals surface area contributed by atoms with E-state index >= 15 is 0 Å². The van der Waals surface area contributed by atoms with Crippen LogP contribution < -0.4 is 10.1 Å². The highest BCUT2D eigenvalue weighted by Gasteiger charge is 2.22. The molecule has 0 aromatic heterocycles. The molecule has 0 amide bonds. The summed E-state index contributed by atoms with van der Waals surface area (Å²) in [6.07, 6.45) is 1.30. The number of hydrogen-bond donors (Lipinski definition) is 1. The molecule has 0 radical (unpaired) electrons. The average Bonchev–Trinajstić information content (AvgIpc) is 2.31. The molecule has 1 fully saturated rings. The van der Waals surface area contributed by atoms with Crippen molar-refractivity contribution in [2.75, 3.05) is 19.8 Å². The highest BCUT2D eigenvalue weighted by Crippen LogP contribution is 2.28. The lowest BCUT2D eigenvalue weighted by Crippen LogP contribution is -2.39. The van der Waals surface area contributed by atoms with Crippen molar-refractivity contribution < 1.29 is 9.47 Å². The van der Waals surface area contributed by atoms with E-state index in [4.69, 9.17) is 9.47 Å². The molecule has 0 saturated carbocycles. The van der Waals surface area contributed by atoms with E-state index in [0.717, 1.165) is 18.7 Å². The van der Waals surface area contributed by atoms with Crippen LogP contribution in [0.2, 0.25) is 0 Å². The van der Waals surface area contributed by atoms with Crippen LogP contribution in [0.5, 0.6) is 5.75 Å². The zero-order valence-electron chi connectivity index (χ0n) is 10.6. The van der Waals surface area contributed by atoms with E-state index < -0.39 is 0 Å².